The molecule has 8 nitrogen and oxygen atoms in total. The smallest absolute Gasteiger partial charge is 0.246 e. The number of nitrogens with one attached hydrogen (secondary N) is 2. The predicted molar refractivity (Wildman–Crippen MR) is 130 cm³/mol. The number of aliphatic hydroxyl groups excluding tert-OH is 1. The fourth-order valence-corrected chi connectivity index (χ4v) is 7.21. The standard InChI is InChI=1S/C27H37N3O5/c1-16-14-27-21(20(26(16,3)35-27)23(32)28-18-10-6-4-7-11-18)25(34)30(17(2)15-31)22(27)24(33)29-19-12-8-5-9-13-19/h4,6-7,10-11,16-17,19-22,31H,5,8-9,12-15H2,1-3H3,(H,28,32)(H,29,33)/t16?,17-,20-,21+,22?,26+,27?/m1/s1. The SMILES string of the molecule is CC1CC23O[C@]1(C)[C@@H](C(=O)Nc1ccccc1)[C@H]2C(=O)N([C@H](C)CO)C3C(=O)NC1CCCCC1. The minimum absolute atomic E-state index is 0.0209. The van der Waals surface area contributed by atoms with E-state index in [0.717, 1.165) is 25.7 Å². The summed E-state index contributed by atoms with van der Waals surface area (Å²) in [4.78, 5) is 43.0. The Hall–Kier alpha value is -2.45. The summed E-state index contributed by atoms with van der Waals surface area (Å²) in [5.74, 6) is -2.31. The second kappa shape index (κ2) is 8.89. The molecule has 0 aromatic heterocycles. The number of rotatable bonds is 6. The largest absolute Gasteiger partial charge is 0.394 e. The van der Waals surface area contributed by atoms with Crippen LogP contribution in [0.4, 0.5) is 5.69 Å². The summed E-state index contributed by atoms with van der Waals surface area (Å²) < 4.78 is 6.71. The highest BCUT2D eigenvalue weighted by Gasteiger charge is 2.80. The van der Waals surface area contributed by atoms with E-state index in [2.05, 4.69) is 10.6 Å². The van der Waals surface area contributed by atoms with Crippen molar-refractivity contribution in [1.29, 1.82) is 0 Å². The first-order chi connectivity index (χ1) is 16.7. The van der Waals surface area contributed by atoms with E-state index in [1.54, 1.807) is 6.92 Å². The molecule has 0 radical (unpaired) electrons. The summed E-state index contributed by atoms with van der Waals surface area (Å²) in [6.07, 6.45) is 5.70. The molecule has 1 spiro atoms. The first-order valence-electron chi connectivity index (χ1n) is 13.0. The molecule has 2 bridgehead atoms. The number of hydrogen-bond donors (Lipinski definition) is 3. The zero-order valence-corrected chi connectivity index (χ0v) is 20.8. The number of para-hydroxylation sites is 1. The maximum atomic E-state index is 14.0. The lowest BCUT2D eigenvalue weighted by Crippen LogP contribution is -2.59. The second-order valence-corrected chi connectivity index (χ2v) is 11.2. The van der Waals surface area contributed by atoms with Gasteiger partial charge in [0.15, 0.2) is 0 Å². The topological polar surface area (TPSA) is 108 Å². The quantitative estimate of drug-likeness (QED) is 0.576. The van der Waals surface area contributed by atoms with E-state index in [0.29, 0.717) is 12.1 Å². The van der Waals surface area contributed by atoms with Crippen LogP contribution in [0.25, 0.3) is 0 Å². The van der Waals surface area contributed by atoms with Crippen molar-refractivity contribution in [2.24, 2.45) is 17.8 Å². The molecule has 1 aromatic carbocycles. The molecule has 7 atom stereocenters. The lowest BCUT2D eigenvalue weighted by Gasteiger charge is -2.37. The van der Waals surface area contributed by atoms with Crippen molar-refractivity contribution in [2.45, 2.75) is 88.6 Å². The van der Waals surface area contributed by atoms with Crippen molar-refractivity contribution in [3.05, 3.63) is 30.3 Å². The van der Waals surface area contributed by atoms with Gasteiger partial charge in [0.05, 0.1) is 30.1 Å². The molecule has 35 heavy (non-hydrogen) atoms. The van der Waals surface area contributed by atoms with Crippen LogP contribution in [0.2, 0.25) is 0 Å². The van der Waals surface area contributed by atoms with E-state index in [1.165, 1.54) is 11.3 Å². The molecule has 3 heterocycles. The second-order valence-electron chi connectivity index (χ2n) is 11.2. The number of carbonyl (C=O) groups excluding carboxylic acids is 3. The van der Waals surface area contributed by atoms with Gasteiger partial charge in [-0.3, -0.25) is 14.4 Å². The number of carbonyl (C=O) groups is 3. The Morgan fingerprint density at radius 1 is 1.17 bits per heavy atom. The van der Waals surface area contributed by atoms with Gasteiger partial charge in [-0.25, -0.2) is 0 Å². The van der Waals surface area contributed by atoms with Crippen molar-refractivity contribution in [3.8, 4) is 0 Å². The number of hydrogen-bond acceptors (Lipinski definition) is 5. The van der Waals surface area contributed by atoms with Gasteiger partial charge in [0.1, 0.15) is 11.6 Å². The summed E-state index contributed by atoms with van der Waals surface area (Å²) in [5, 5.41) is 16.2. The Morgan fingerprint density at radius 2 is 1.86 bits per heavy atom. The minimum Gasteiger partial charge on any atom is -0.394 e. The summed E-state index contributed by atoms with van der Waals surface area (Å²) in [5.41, 5.74) is -1.30. The summed E-state index contributed by atoms with van der Waals surface area (Å²) in [6.45, 7) is 5.41. The number of nitrogens with zero attached hydrogens (tertiary/aromatic N) is 1. The predicted octanol–water partition coefficient (Wildman–Crippen LogP) is 2.47. The van der Waals surface area contributed by atoms with Crippen LogP contribution < -0.4 is 10.6 Å². The lowest BCUT2D eigenvalue weighted by atomic mass is 9.62. The van der Waals surface area contributed by atoms with Gasteiger partial charge in [-0.1, -0.05) is 44.4 Å². The molecule has 1 aromatic rings. The van der Waals surface area contributed by atoms with Crippen molar-refractivity contribution >= 4 is 23.4 Å². The summed E-state index contributed by atoms with van der Waals surface area (Å²) in [7, 11) is 0. The number of aliphatic hydroxyl groups is 1. The van der Waals surface area contributed by atoms with Gasteiger partial charge in [0, 0.05) is 11.7 Å². The number of likely N-dealkylation sites (tertiary alicyclic amines) is 1. The van der Waals surface area contributed by atoms with Gasteiger partial charge in [-0.05, 0) is 51.2 Å². The van der Waals surface area contributed by atoms with Gasteiger partial charge in [-0.2, -0.15) is 0 Å². The van der Waals surface area contributed by atoms with Crippen molar-refractivity contribution in [3.63, 3.8) is 0 Å². The van der Waals surface area contributed by atoms with Gasteiger partial charge in [0.25, 0.3) is 0 Å². The average Bonchev–Trinajstić information content (AvgIpc) is 3.36. The molecular weight excluding hydrogens is 446 g/mol. The maximum Gasteiger partial charge on any atom is 0.246 e. The third-order valence-electron chi connectivity index (χ3n) is 9.02. The van der Waals surface area contributed by atoms with E-state index in [4.69, 9.17) is 4.74 Å². The Balaban J connectivity index is 1.51. The molecular formula is C27H37N3O5. The Kier molecular flexibility index (Phi) is 6.16. The van der Waals surface area contributed by atoms with Crippen LogP contribution >= 0.6 is 0 Å². The van der Waals surface area contributed by atoms with Gasteiger partial charge >= 0.3 is 0 Å². The Bertz CT molecular complexity index is 996. The minimum atomic E-state index is -1.09. The molecule has 1 aliphatic carbocycles. The fourth-order valence-electron chi connectivity index (χ4n) is 7.21. The number of fused-ring (bicyclic) bond motifs is 1. The first-order valence-corrected chi connectivity index (χ1v) is 13.0. The van der Waals surface area contributed by atoms with Crippen molar-refractivity contribution < 1.29 is 24.2 Å². The molecule has 3 N–H and O–H groups in total. The highest BCUT2D eigenvalue weighted by atomic mass is 16.5. The van der Waals surface area contributed by atoms with Gasteiger partial charge in [-0.15, -0.1) is 0 Å². The Morgan fingerprint density at radius 3 is 2.51 bits per heavy atom. The van der Waals surface area contributed by atoms with Crippen LogP contribution in [0, 0.1) is 17.8 Å². The molecule has 5 rings (SSSR count). The first kappa shape index (κ1) is 24.3. The monoisotopic (exact) mass is 483 g/mol. The van der Waals surface area contributed by atoms with Crippen molar-refractivity contribution in [1.82, 2.24) is 10.2 Å². The van der Waals surface area contributed by atoms with E-state index in [9.17, 15) is 19.5 Å². The molecule has 3 unspecified atom stereocenters. The number of amides is 3. The molecule has 190 valence electrons. The van der Waals surface area contributed by atoms with Crippen LogP contribution in [-0.4, -0.2) is 63.7 Å². The highest BCUT2D eigenvalue weighted by Crippen LogP contribution is 2.65. The lowest BCUT2D eigenvalue weighted by molar-refractivity contribution is -0.149. The van der Waals surface area contributed by atoms with Crippen LogP contribution in [0.3, 0.4) is 0 Å². The van der Waals surface area contributed by atoms with E-state index >= 15 is 0 Å². The zero-order chi connectivity index (χ0) is 25.0. The van der Waals surface area contributed by atoms with Crippen LogP contribution in [-0.2, 0) is 19.1 Å². The fraction of sp³-hybridized carbons (Fsp3) is 0.667. The molecule has 3 aliphatic heterocycles. The Labute approximate surface area is 206 Å². The normalized spacial score (nSPS) is 37.3. The van der Waals surface area contributed by atoms with E-state index < -0.39 is 35.1 Å². The van der Waals surface area contributed by atoms with E-state index in [1.807, 2.05) is 44.2 Å². The third-order valence-corrected chi connectivity index (χ3v) is 9.02. The third kappa shape index (κ3) is 3.68. The molecule has 4 fully saturated rings. The summed E-state index contributed by atoms with van der Waals surface area (Å²) in [6, 6.07) is 7.83. The van der Waals surface area contributed by atoms with Crippen LogP contribution in [0.1, 0.15) is 59.3 Å². The van der Waals surface area contributed by atoms with Crippen LogP contribution in [0.5, 0.6) is 0 Å². The molecule has 1 saturated carbocycles. The van der Waals surface area contributed by atoms with E-state index in [-0.39, 0.29) is 36.3 Å². The molecule has 3 saturated heterocycles. The molecule has 8 heteroatoms. The zero-order valence-electron chi connectivity index (χ0n) is 20.8. The number of ether oxygens (including phenoxy) is 1. The summed E-state index contributed by atoms with van der Waals surface area (Å²) >= 11 is 0. The number of anilines is 1. The highest BCUT2D eigenvalue weighted by molar-refractivity contribution is 6.02. The van der Waals surface area contributed by atoms with Gasteiger partial charge < -0.3 is 25.4 Å². The van der Waals surface area contributed by atoms with Crippen molar-refractivity contribution in [2.75, 3.05) is 11.9 Å². The molecule has 3 amide bonds. The van der Waals surface area contributed by atoms with Crippen LogP contribution in [0.15, 0.2) is 30.3 Å². The maximum absolute atomic E-state index is 14.0. The average molecular weight is 484 g/mol. The number of benzene rings is 1. The van der Waals surface area contributed by atoms with Gasteiger partial charge in [0.2, 0.25) is 17.7 Å². The molecule has 4 aliphatic rings.